The van der Waals surface area contributed by atoms with Gasteiger partial charge < -0.3 is 5.73 Å². The lowest BCUT2D eigenvalue weighted by Gasteiger charge is -2.16. The molecule has 16 heavy (non-hydrogen) atoms. The van der Waals surface area contributed by atoms with Gasteiger partial charge in [0.05, 0.1) is 15.6 Å². The number of nitrogens with two attached hydrogens (primary N) is 1. The lowest BCUT2D eigenvalue weighted by molar-refractivity contribution is -0.138. The Hall–Kier alpha value is -0.450. The van der Waals surface area contributed by atoms with Crippen molar-refractivity contribution < 1.29 is 13.2 Å². The Morgan fingerprint density at radius 1 is 1.31 bits per heavy atom. The van der Waals surface area contributed by atoms with Gasteiger partial charge in [0, 0.05) is 6.04 Å². The van der Waals surface area contributed by atoms with Crippen LogP contribution in [-0.2, 0) is 12.6 Å². The first kappa shape index (κ1) is 13.6. The molecule has 1 rings (SSSR count). The Kier molecular flexibility index (Phi) is 4.10. The van der Waals surface area contributed by atoms with Crippen LogP contribution < -0.4 is 5.73 Å². The fourth-order valence-corrected chi connectivity index (χ4v) is 1.80. The molecule has 0 bridgehead atoms. The van der Waals surface area contributed by atoms with Crippen LogP contribution in [0.1, 0.15) is 18.1 Å². The average Bonchev–Trinajstić information content (AvgIpc) is 2.10. The van der Waals surface area contributed by atoms with E-state index < -0.39 is 17.8 Å². The van der Waals surface area contributed by atoms with E-state index in [0.717, 1.165) is 12.1 Å². The summed E-state index contributed by atoms with van der Waals surface area (Å²) in [5.74, 6) is 0. The van der Waals surface area contributed by atoms with Crippen LogP contribution in [0.5, 0.6) is 0 Å². The van der Waals surface area contributed by atoms with Gasteiger partial charge >= 0.3 is 6.18 Å². The van der Waals surface area contributed by atoms with Crippen LogP contribution in [0.3, 0.4) is 0 Å². The van der Waals surface area contributed by atoms with Crippen LogP contribution in [0.2, 0.25) is 10.0 Å². The first-order valence-corrected chi connectivity index (χ1v) is 5.28. The summed E-state index contributed by atoms with van der Waals surface area (Å²) in [6.45, 7) is 1.61. The van der Waals surface area contributed by atoms with E-state index in [1.54, 1.807) is 6.92 Å². The smallest absolute Gasteiger partial charge is 0.328 e. The fourth-order valence-electron chi connectivity index (χ4n) is 1.38. The Labute approximate surface area is 101 Å². The van der Waals surface area contributed by atoms with Gasteiger partial charge in [0.15, 0.2) is 0 Å². The molecule has 1 nitrogen and oxygen atoms in total. The molecule has 1 unspecified atom stereocenters. The van der Waals surface area contributed by atoms with Gasteiger partial charge in [0.2, 0.25) is 0 Å². The maximum Gasteiger partial charge on any atom is 0.416 e. The highest BCUT2D eigenvalue weighted by Crippen LogP contribution is 2.38. The molecule has 0 saturated carbocycles. The van der Waals surface area contributed by atoms with E-state index in [0.29, 0.717) is 0 Å². The normalized spacial score (nSPS) is 13.9. The molecular weight excluding hydrogens is 262 g/mol. The molecule has 0 aliphatic heterocycles. The summed E-state index contributed by atoms with van der Waals surface area (Å²) in [6.07, 6.45) is -4.41. The van der Waals surface area contributed by atoms with Crippen LogP contribution in [0, 0.1) is 0 Å². The zero-order valence-corrected chi connectivity index (χ0v) is 9.92. The van der Waals surface area contributed by atoms with Gasteiger partial charge in [-0.05, 0) is 31.0 Å². The Morgan fingerprint density at radius 3 is 2.31 bits per heavy atom. The third kappa shape index (κ3) is 3.03. The van der Waals surface area contributed by atoms with Crippen molar-refractivity contribution in [2.24, 2.45) is 5.73 Å². The molecular formula is C10H10Cl2F3N. The number of hydrogen-bond acceptors (Lipinski definition) is 1. The molecule has 1 atom stereocenters. The minimum atomic E-state index is -4.45. The van der Waals surface area contributed by atoms with Gasteiger partial charge in [-0.25, -0.2) is 0 Å². The first-order chi connectivity index (χ1) is 7.23. The maximum atomic E-state index is 12.7. The lowest BCUT2D eigenvalue weighted by atomic mass is 10.0. The Balaban J connectivity index is 3.33. The number of rotatable bonds is 2. The molecule has 0 radical (unpaired) electrons. The highest BCUT2D eigenvalue weighted by molar-refractivity contribution is 6.42. The monoisotopic (exact) mass is 271 g/mol. The SMILES string of the molecule is CC(N)Cc1c(C(F)(F)F)ccc(Cl)c1Cl. The third-order valence-corrected chi connectivity index (χ3v) is 2.87. The van der Waals surface area contributed by atoms with E-state index >= 15 is 0 Å². The van der Waals surface area contributed by atoms with Crippen molar-refractivity contribution in [3.05, 3.63) is 33.3 Å². The molecule has 0 amide bonds. The van der Waals surface area contributed by atoms with Crippen molar-refractivity contribution in [3.8, 4) is 0 Å². The highest BCUT2D eigenvalue weighted by atomic mass is 35.5. The molecule has 0 aliphatic carbocycles. The highest BCUT2D eigenvalue weighted by Gasteiger charge is 2.34. The number of hydrogen-bond donors (Lipinski definition) is 1. The van der Waals surface area contributed by atoms with Crippen LogP contribution in [0.25, 0.3) is 0 Å². The van der Waals surface area contributed by atoms with Crippen LogP contribution >= 0.6 is 23.2 Å². The second kappa shape index (κ2) is 4.82. The summed E-state index contributed by atoms with van der Waals surface area (Å²) in [5, 5.41) is 0.0270. The van der Waals surface area contributed by atoms with Crippen molar-refractivity contribution in [2.75, 3.05) is 0 Å². The molecule has 90 valence electrons. The summed E-state index contributed by atoms with van der Waals surface area (Å²) >= 11 is 11.4. The second-order valence-corrected chi connectivity index (χ2v) is 4.35. The molecule has 0 saturated heterocycles. The van der Waals surface area contributed by atoms with E-state index in [2.05, 4.69) is 0 Å². The molecule has 6 heteroatoms. The van der Waals surface area contributed by atoms with Gasteiger partial charge in [-0.2, -0.15) is 13.2 Å². The van der Waals surface area contributed by atoms with E-state index in [1.807, 2.05) is 0 Å². The summed E-state index contributed by atoms with van der Waals surface area (Å²) < 4.78 is 38.0. The Bertz CT molecular complexity index is 388. The molecule has 1 aromatic carbocycles. The predicted molar refractivity (Wildman–Crippen MR) is 58.8 cm³/mol. The average molecular weight is 272 g/mol. The largest absolute Gasteiger partial charge is 0.416 e. The van der Waals surface area contributed by atoms with Crippen molar-refractivity contribution >= 4 is 23.2 Å². The summed E-state index contributed by atoms with van der Waals surface area (Å²) in [5.41, 5.74) is 4.66. The topological polar surface area (TPSA) is 26.0 Å². The molecule has 0 fully saturated rings. The summed E-state index contributed by atoms with van der Waals surface area (Å²) in [7, 11) is 0. The molecule has 0 aliphatic rings. The summed E-state index contributed by atoms with van der Waals surface area (Å²) in [4.78, 5) is 0. The minimum Gasteiger partial charge on any atom is -0.328 e. The van der Waals surface area contributed by atoms with E-state index in [-0.39, 0.29) is 22.0 Å². The van der Waals surface area contributed by atoms with Gasteiger partial charge in [0.25, 0.3) is 0 Å². The van der Waals surface area contributed by atoms with Gasteiger partial charge in [-0.15, -0.1) is 0 Å². The van der Waals surface area contributed by atoms with E-state index in [4.69, 9.17) is 28.9 Å². The lowest BCUT2D eigenvalue weighted by Crippen LogP contribution is -2.21. The number of alkyl halides is 3. The van der Waals surface area contributed by atoms with Crippen LogP contribution in [-0.4, -0.2) is 6.04 Å². The quantitative estimate of drug-likeness (QED) is 0.868. The van der Waals surface area contributed by atoms with Gasteiger partial charge in [-0.3, -0.25) is 0 Å². The van der Waals surface area contributed by atoms with Crippen molar-refractivity contribution in [3.63, 3.8) is 0 Å². The minimum absolute atomic E-state index is 0.0359. The Morgan fingerprint density at radius 2 is 1.88 bits per heavy atom. The van der Waals surface area contributed by atoms with Crippen LogP contribution in [0.4, 0.5) is 13.2 Å². The first-order valence-electron chi connectivity index (χ1n) is 4.53. The molecule has 2 N–H and O–H groups in total. The predicted octanol–water partition coefficient (Wildman–Crippen LogP) is 3.90. The van der Waals surface area contributed by atoms with Crippen molar-refractivity contribution in [1.82, 2.24) is 0 Å². The number of halogens is 5. The molecule has 0 spiro atoms. The molecule has 0 heterocycles. The van der Waals surface area contributed by atoms with E-state index in [9.17, 15) is 13.2 Å². The number of benzene rings is 1. The molecule has 1 aromatic rings. The van der Waals surface area contributed by atoms with Gasteiger partial charge in [0.1, 0.15) is 0 Å². The fraction of sp³-hybridized carbons (Fsp3) is 0.400. The maximum absolute atomic E-state index is 12.7. The summed E-state index contributed by atoms with van der Waals surface area (Å²) in [6, 6.07) is 1.64. The van der Waals surface area contributed by atoms with E-state index in [1.165, 1.54) is 0 Å². The van der Waals surface area contributed by atoms with Crippen molar-refractivity contribution in [1.29, 1.82) is 0 Å². The van der Waals surface area contributed by atoms with Crippen LogP contribution in [0.15, 0.2) is 12.1 Å². The second-order valence-electron chi connectivity index (χ2n) is 3.57. The zero-order chi connectivity index (χ0) is 12.5. The molecule has 0 aromatic heterocycles. The third-order valence-electron chi connectivity index (χ3n) is 2.03. The van der Waals surface area contributed by atoms with Gasteiger partial charge in [-0.1, -0.05) is 23.2 Å². The zero-order valence-electron chi connectivity index (χ0n) is 8.41. The van der Waals surface area contributed by atoms with Crippen molar-refractivity contribution in [2.45, 2.75) is 25.6 Å². The standard InChI is InChI=1S/C10H10Cl2F3N/c1-5(16)4-6-7(10(13,14)15)2-3-8(11)9(6)12/h2-3,5H,4,16H2,1H3.